The molecule has 3 rings (SSSR count). The zero-order valence-corrected chi connectivity index (χ0v) is 18.7. The first-order valence-electron chi connectivity index (χ1n) is 11.1. The molecule has 0 radical (unpaired) electrons. The highest BCUT2D eigenvalue weighted by Crippen LogP contribution is 2.32. The third-order valence-electron chi connectivity index (χ3n) is 5.79. The number of likely N-dealkylation sites (tertiary alicyclic amines) is 1. The Hall–Kier alpha value is -2.40. The second kappa shape index (κ2) is 11.7. The summed E-state index contributed by atoms with van der Waals surface area (Å²) < 4.78 is 16.8. The highest BCUT2D eigenvalue weighted by atomic mass is 16.5. The minimum Gasteiger partial charge on any atom is -0.493 e. The molecule has 0 aliphatic carbocycles. The topological polar surface area (TPSA) is 34.2 Å². The standard InChI is InChI=1S/C25H36N2O3/c1-4-27(22-11-14-24(28-2)25(19-22)29-3)20-21-9-12-23(13-10-21)30-18-17-26-15-7-5-6-8-16-26/h9-14,19H,4-8,15-18,20H2,1-3H3. The van der Waals surface area contributed by atoms with Crippen molar-refractivity contribution in [3.8, 4) is 17.2 Å². The first-order chi connectivity index (χ1) is 14.7. The van der Waals surface area contributed by atoms with Crippen LogP contribution in [-0.2, 0) is 6.54 Å². The van der Waals surface area contributed by atoms with Crippen molar-refractivity contribution in [3.05, 3.63) is 48.0 Å². The summed E-state index contributed by atoms with van der Waals surface area (Å²) in [6, 6.07) is 14.5. The van der Waals surface area contributed by atoms with Crippen molar-refractivity contribution in [3.63, 3.8) is 0 Å². The lowest BCUT2D eigenvalue weighted by Crippen LogP contribution is -2.29. The van der Waals surface area contributed by atoms with E-state index in [1.54, 1.807) is 14.2 Å². The molecule has 30 heavy (non-hydrogen) atoms. The molecule has 0 unspecified atom stereocenters. The van der Waals surface area contributed by atoms with Gasteiger partial charge < -0.3 is 19.1 Å². The molecule has 0 bridgehead atoms. The third kappa shape index (κ3) is 6.30. The number of benzene rings is 2. The lowest BCUT2D eigenvalue weighted by molar-refractivity contribution is 0.214. The number of methoxy groups -OCH3 is 2. The molecule has 0 N–H and O–H groups in total. The molecular weight excluding hydrogens is 376 g/mol. The number of nitrogens with zero attached hydrogens (tertiary/aromatic N) is 2. The molecule has 1 heterocycles. The van der Waals surface area contributed by atoms with Gasteiger partial charge >= 0.3 is 0 Å². The lowest BCUT2D eigenvalue weighted by atomic mass is 10.2. The van der Waals surface area contributed by atoms with Gasteiger partial charge in [0.15, 0.2) is 11.5 Å². The van der Waals surface area contributed by atoms with E-state index in [4.69, 9.17) is 14.2 Å². The van der Waals surface area contributed by atoms with Gasteiger partial charge in [0.25, 0.3) is 0 Å². The van der Waals surface area contributed by atoms with Crippen molar-refractivity contribution < 1.29 is 14.2 Å². The largest absolute Gasteiger partial charge is 0.493 e. The molecule has 1 saturated heterocycles. The Labute approximate surface area is 181 Å². The maximum atomic E-state index is 5.99. The van der Waals surface area contributed by atoms with Crippen LogP contribution in [0.15, 0.2) is 42.5 Å². The van der Waals surface area contributed by atoms with Crippen molar-refractivity contribution in [1.82, 2.24) is 4.90 Å². The molecule has 0 aromatic heterocycles. The Morgan fingerprint density at radius 1 is 0.867 bits per heavy atom. The molecule has 5 heteroatoms. The van der Waals surface area contributed by atoms with Crippen LogP contribution in [0.25, 0.3) is 0 Å². The van der Waals surface area contributed by atoms with Crippen LogP contribution >= 0.6 is 0 Å². The van der Waals surface area contributed by atoms with Gasteiger partial charge in [0, 0.05) is 31.4 Å². The van der Waals surface area contributed by atoms with Gasteiger partial charge in [-0.15, -0.1) is 0 Å². The lowest BCUT2D eigenvalue weighted by Gasteiger charge is -2.24. The average molecular weight is 413 g/mol. The molecule has 1 aliphatic heterocycles. The fourth-order valence-corrected chi connectivity index (χ4v) is 3.97. The molecular formula is C25H36N2O3. The van der Waals surface area contributed by atoms with Crippen LogP contribution in [0.4, 0.5) is 5.69 Å². The van der Waals surface area contributed by atoms with Crippen molar-refractivity contribution in [2.75, 3.05) is 51.9 Å². The van der Waals surface area contributed by atoms with Gasteiger partial charge in [0.2, 0.25) is 0 Å². The smallest absolute Gasteiger partial charge is 0.162 e. The first kappa shape index (κ1) is 22.3. The maximum absolute atomic E-state index is 5.99. The number of rotatable bonds is 10. The highest BCUT2D eigenvalue weighted by Gasteiger charge is 2.11. The van der Waals surface area contributed by atoms with E-state index in [2.05, 4.69) is 47.1 Å². The quantitative estimate of drug-likeness (QED) is 0.549. The van der Waals surface area contributed by atoms with Crippen LogP contribution in [0, 0.1) is 0 Å². The molecule has 0 atom stereocenters. The normalized spacial score (nSPS) is 14.8. The predicted molar refractivity (Wildman–Crippen MR) is 123 cm³/mol. The van der Waals surface area contributed by atoms with Crippen molar-refractivity contribution in [1.29, 1.82) is 0 Å². The molecule has 0 spiro atoms. The summed E-state index contributed by atoms with van der Waals surface area (Å²) >= 11 is 0. The number of hydrogen-bond donors (Lipinski definition) is 0. The molecule has 164 valence electrons. The Bertz CT molecular complexity index is 755. The van der Waals surface area contributed by atoms with Crippen LogP contribution in [0.5, 0.6) is 17.2 Å². The van der Waals surface area contributed by atoms with Gasteiger partial charge in [0.1, 0.15) is 12.4 Å². The molecule has 2 aromatic carbocycles. The molecule has 2 aromatic rings. The zero-order valence-electron chi connectivity index (χ0n) is 18.7. The Kier molecular flexibility index (Phi) is 8.69. The summed E-state index contributed by atoms with van der Waals surface area (Å²) in [6.45, 7) is 8.11. The SMILES string of the molecule is CCN(Cc1ccc(OCCN2CCCCCC2)cc1)c1ccc(OC)c(OC)c1. The Morgan fingerprint density at radius 3 is 2.20 bits per heavy atom. The summed E-state index contributed by atoms with van der Waals surface area (Å²) in [6.07, 6.45) is 5.39. The van der Waals surface area contributed by atoms with E-state index in [1.165, 1.54) is 44.3 Å². The fourth-order valence-electron chi connectivity index (χ4n) is 3.97. The van der Waals surface area contributed by atoms with Gasteiger partial charge in [-0.1, -0.05) is 25.0 Å². The van der Waals surface area contributed by atoms with E-state index in [-0.39, 0.29) is 0 Å². The van der Waals surface area contributed by atoms with Crippen molar-refractivity contribution in [2.24, 2.45) is 0 Å². The van der Waals surface area contributed by atoms with Crippen LogP contribution in [0.2, 0.25) is 0 Å². The fraction of sp³-hybridized carbons (Fsp3) is 0.520. The first-order valence-corrected chi connectivity index (χ1v) is 11.1. The van der Waals surface area contributed by atoms with Gasteiger partial charge in [-0.05, 0) is 62.7 Å². The minimum atomic E-state index is 0.749. The summed E-state index contributed by atoms with van der Waals surface area (Å²) in [5.41, 5.74) is 2.37. The van der Waals surface area contributed by atoms with E-state index in [0.717, 1.165) is 49.2 Å². The van der Waals surface area contributed by atoms with Crippen molar-refractivity contribution >= 4 is 5.69 Å². The number of ether oxygens (including phenoxy) is 3. The highest BCUT2D eigenvalue weighted by molar-refractivity contribution is 5.56. The molecule has 5 nitrogen and oxygen atoms in total. The zero-order chi connectivity index (χ0) is 21.2. The molecule has 0 saturated carbocycles. The van der Waals surface area contributed by atoms with Crippen LogP contribution in [0.1, 0.15) is 38.2 Å². The minimum absolute atomic E-state index is 0.749. The Morgan fingerprint density at radius 2 is 1.57 bits per heavy atom. The van der Waals surface area contributed by atoms with Crippen LogP contribution < -0.4 is 19.1 Å². The molecule has 1 aliphatic rings. The van der Waals surface area contributed by atoms with E-state index < -0.39 is 0 Å². The average Bonchev–Trinajstić information content (AvgIpc) is 3.07. The van der Waals surface area contributed by atoms with Gasteiger partial charge in [0.05, 0.1) is 14.2 Å². The molecule has 0 amide bonds. The predicted octanol–water partition coefficient (Wildman–Crippen LogP) is 4.99. The van der Waals surface area contributed by atoms with Crippen LogP contribution in [0.3, 0.4) is 0 Å². The summed E-state index contributed by atoms with van der Waals surface area (Å²) in [7, 11) is 3.33. The van der Waals surface area contributed by atoms with Crippen molar-refractivity contribution in [2.45, 2.75) is 39.2 Å². The van der Waals surface area contributed by atoms with E-state index in [9.17, 15) is 0 Å². The number of hydrogen-bond acceptors (Lipinski definition) is 5. The maximum Gasteiger partial charge on any atom is 0.162 e. The van der Waals surface area contributed by atoms with Gasteiger partial charge in [-0.3, -0.25) is 4.90 Å². The third-order valence-corrected chi connectivity index (χ3v) is 5.79. The second-order valence-corrected chi connectivity index (χ2v) is 7.80. The number of anilines is 1. The van der Waals surface area contributed by atoms with E-state index in [1.807, 2.05) is 12.1 Å². The van der Waals surface area contributed by atoms with E-state index >= 15 is 0 Å². The second-order valence-electron chi connectivity index (χ2n) is 7.80. The molecule has 1 fully saturated rings. The monoisotopic (exact) mass is 412 g/mol. The van der Waals surface area contributed by atoms with Gasteiger partial charge in [-0.2, -0.15) is 0 Å². The summed E-state index contributed by atoms with van der Waals surface area (Å²) in [5, 5.41) is 0. The van der Waals surface area contributed by atoms with Crippen LogP contribution in [-0.4, -0.2) is 51.9 Å². The Balaban J connectivity index is 1.53. The summed E-state index contributed by atoms with van der Waals surface area (Å²) in [4.78, 5) is 4.85. The summed E-state index contributed by atoms with van der Waals surface area (Å²) in [5.74, 6) is 2.45. The van der Waals surface area contributed by atoms with Gasteiger partial charge in [-0.25, -0.2) is 0 Å². The van der Waals surface area contributed by atoms with E-state index in [0.29, 0.717) is 0 Å².